The average molecular weight is 380 g/mol. The number of anilines is 1. The van der Waals surface area contributed by atoms with Crippen molar-refractivity contribution in [3.8, 4) is 0 Å². The molecule has 3 aromatic rings. The fraction of sp³-hybridized carbons (Fsp3) is 0.100. The summed E-state index contributed by atoms with van der Waals surface area (Å²) in [6.45, 7) is 3.82. The van der Waals surface area contributed by atoms with Crippen LogP contribution >= 0.6 is 15.9 Å². The molecule has 0 aliphatic carbocycles. The summed E-state index contributed by atoms with van der Waals surface area (Å²) >= 11 is 3.46. The van der Waals surface area contributed by atoms with Crippen LogP contribution in [0.15, 0.2) is 53.0 Å². The maximum absolute atomic E-state index is 13.1. The lowest BCUT2D eigenvalue weighted by Gasteiger charge is -2.29. The van der Waals surface area contributed by atoms with Gasteiger partial charge in [-0.05, 0) is 54.6 Å². The molecule has 0 saturated heterocycles. The van der Waals surface area contributed by atoms with Crippen molar-refractivity contribution in [1.29, 1.82) is 0 Å². The third kappa shape index (κ3) is 2.03. The summed E-state index contributed by atoms with van der Waals surface area (Å²) in [5, 5.41) is 1.66. The first-order valence-electron chi connectivity index (χ1n) is 7.66. The van der Waals surface area contributed by atoms with Crippen molar-refractivity contribution in [2.75, 3.05) is 4.90 Å². The summed E-state index contributed by atoms with van der Waals surface area (Å²) in [5.41, 5.74) is 3.58. The van der Waals surface area contributed by atoms with Gasteiger partial charge in [-0.1, -0.05) is 40.2 Å². The van der Waals surface area contributed by atoms with Crippen LogP contribution in [-0.4, -0.2) is 11.8 Å². The van der Waals surface area contributed by atoms with Crippen LogP contribution in [0, 0.1) is 13.8 Å². The van der Waals surface area contributed by atoms with E-state index in [1.54, 1.807) is 12.1 Å². The summed E-state index contributed by atoms with van der Waals surface area (Å²) in [6, 6.07) is 15.0. The lowest BCUT2D eigenvalue weighted by atomic mass is 9.93. The van der Waals surface area contributed by atoms with Crippen molar-refractivity contribution in [2.45, 2.75) is 13.8 Å². The van der Waals surface area contributed by atoms with Gasteiger partial charge in [0.25, 0.3) is 11.8 Å². The lowest BCUT2D eigenvalue weighted by Crippen LogP contribution is -2.41. The largest absolute Gasteiger partial charge is 0.268 e. The van der Waals surface area contributed by atoms with Gasteiger partial charge >= 0.3 is 0 Å². The second kappa shape index (κ2) is 5.28. The van der Waals surface area contributed by atoms with E-state index in [-0.39, 0.29) is 11.8 Å². The van der Waals surface area contributed by atoms with Crippen molar-refractivity contribution in [3.63, 3.8) is 0 Å². The van der Waals surface area contributed by atoms with Crippen molar-refractivity contribution in [3.05, 3.63) is 75.3 Å². The van der Waals surface area contributed by atoms with E-state index in [0.29, 0.717) is 16.8 Å². The molecule has 0 fully saturated rings. The zero-order chi connectivity index (χ0) is 17.0. The number of amides is 2. The summed E-state index contributed by atoms with van der Waals surface area (Å²) in [7, 11) is 0. The normalized spacial score (nSPS) is 13.7. The molecule has 0 aromatic heterocycles. The van der Waals surface area contributed by atoms with Gasteiger partial charge in [-0.15, -0.1) is 0 Å². The quantitative estimate of drug-likeness (QED) is 0.556. The number of rotatable bonds is 1. The highest BCUT2D eigenvalue weighted by Crippen LogP contribution is 2.36. The highest BCUT2D eigenvalue weighted by molar-refractivity contribution is 9.10. The Morgan fingerprint density at radius 3 is 1.83 bits per heavy atom. The van der Waals surface area contributed by atoms with E-state index in [2.05, 4.69) is 15.9 Å². The first-order valence-corrected chi connectivity index (χ1v) is 8.45. The summed E-state index contributed by atoms with van der Waals surface area (Å²) in [5.74, 6) is -0.532. The van der Waals surface area contributed by atoms with Gasteiger partial charge in [-0.2, -0.15) is 0 Å². The first kappa shape index (κ1) is 15.1. The molecule has 24 heavy (non-hydrogen) atoms. The van der Waals surface area contributed by atoms with Crippen molar-refractivity contribution in [1.82, 2.24) is 0 Å². The molecule has 0 bridgehead atoms. The summed E-state index contributed by atoms with van der Waals surface area (Å²) in [6.07, 6.45) is 0. The molecule has 0 radical (unpaired) electrons. The lowest BCUT2D eigenvalue weighted by molar-refractivity contribution is 0.0893. The molecule has 0 atom stereocenters. The monoisotopic (exact) mass is 379 g/mol. The molecule has 0 unspecified atom stereocenters. The fourth-order valence-electron chi connectivity index (χ4n) is 3.49. The minimum absolute atomic E-state index is 0.266. The molecule has 3 nitrogen and oxygen atoms in total. The minimum Gasteiger partial charge on any atom is -0.268 e. The summed E-state index contributed by atoms with van der Waals surface area (Å²) in [4.78, 5) is 27.5. The first-order chi connectivity index (χ1) is 11.5. The van der Waals surface area contributed by atoms with E-state index in [4.69, 9.17) is 0 Å². The van der Waals surface area contributed by atoms with E-state index >= 15 is 0 Å². The van der Waals surface area contributed by atoms with E-state index in [0.717, 1.165) is 26.4 Å². The number of aryl methyl sites for hydroxylation is 2. The van der Waals surface area contributed by atoms with Gasteiger partial charge in [0, 0.05) is 21.0 Å². The van der Waals surface area contributed by atoms with E-state index in [9.17, 15) is 9.59 Å². The van der Waals surface area contributed by atoms with E-state index in [1.807, 2.05) is 50.2 Å². The van der Waals surface area contributed by atoms with Gasteiger partial charge in [0.15, 0.2) is 0 Å². The number of benzene rings is 3. The van der Waals surface area contributed by atoms with Crippen LogP contribution in [0.5, 0.6) is 0 Å². The Kier molecular flexibility index (Phi) is 3.32. The molecule has 3 aromatic carbocycles. The Bertz CT molecular complexity index is 965. The predicted octanol–water partition coefficient (Wildman–Crippen LogP) is 5.02. The SMILES string of the molecule is Cc1cc(Br)cc(C)c1N1C(=O)c2cccc3cccc(c23)C1=O. The predicted molar refractivity (Wildman–Crippen MR) is 98.7 cm³/mol. The number of carbonyl (C=O) groups is 2. The van der Waals surface area contributed by atoms with Gasteiger partial charge in [-0.25, -0.2) is 4.90 Å². The highest BCUT2D eigenvalue weighted by atomic mass is 79.9. The third-order valence-electron chi connectivity index (χ3n) is 4.45. The van der Waals surface area contributed by atoms with Gasteiger partial charge in [0.2, 0.25) is 0 Å². The Labute approximate surface area is 148 Å². The van der Waals surface area contributed by atoms with Crippen LogP contribution in [0.4, 0.5) is 5.69 Å². The minimum atomic E-state index is -0.266. The van der Waals surface area contributed by atoms with Gasteiger partial charge in [0.1, 0.15) is 0 Å². The Morgan fingerprint density at radius 1 is 0.833 bits per heavy atom. The van der Waals surface area contributed by atoms with Crippen molar-refractivity contribution < 1.29 is 9.59 Å². The number of imide groups is 1. The zero-order valence-electron chi connectivity index (χ0n) is 13.3. The fourth-order valence-corrected chi connectivity index (χ4v) is 4.18. The molecule has 1 aliphatic heterocycles. The Balaban J connectivity index is 2.02. The Hall–Kier alpha value is -2.46. The highest BCUT2D eigenvalue weighted by Gasteiger charge is 2.35. The molecular formula is C20H14BrNO2. The second-order valence-corrected chi connectivity index (χ2v) is 6.96. The van der Waals surface area contributed by atoms with Crippen LogP contribution in [0.2, 0.25) is 0 Å². The smallest absolute Gasteiger partial charge is 0.266 e. The van der Waals surface area contributed by atoms with Crippen LogP contribution in [0.25, 0.3) is 10.8 Å². The maximum atomic E-state index is 13.1. The van der Waals surface area contributed by atoms with Crippen LogP contribution in [0.1, 0.15) is 31.8 Å². The molecule has 0 saturated carbocycles. The van der Waals surface area contributed by atoms with Crippen LogP contribution < -0.4 is 4.90 Å². The molecule has 4 heteroatoms. The number of carbonyl (C=O) groups excluding carboxylic acids is 2. The molecule has 1 aliphatic rings. The molecule has 2 amide bonds. The average Bonchev–Trinajstić information content (AvgIpc) is 2.54. The molecule has 4 rings (SSSR count). The molecule has 1 heterocycles. The van der Waals surface area contributed by atoms with Gasteiger partial charge in [0.05, 0.1) is 5.69 Å². The van der Waals surface area contributed by atoms with Gasteiger partial charge in [-0.3, -0.25) is 9.59 Å². The molecule has 0 N–H and O–H groups in total. The number of nitrogens with zero attached hydrogens (tertiary/aromatic N) is 1. The van der Waals surface area contributed by atoms with E-state index < -0.39 is 0 Å². The van der Waals surface area contributed by atoms with Crippen LogP contribution in [0.3, 0.4) is 0 Å². The Morgan fingerprint density at radius 2 is 1.33 bits per heavy atom. The zero-order valence-corrected chi connectivity index (χ0v) is 14.8. The third-order valence-corrected chi connectivity index (χ3v) is 4.91. The number of hydrogen-bond acceptors (Lipinski definition) is 2. The van der Waals surface area contributed by atoms with Gasteiger partial charge < -0.3 is 0 Å². The molecule has 118 valence electrons. The second-order valence-electron chi connectivity index (χ2n) is 6.04. The van der Waals surface area contributed by atoms with Crippen molar-refractivity contribution in [2.24, 2.45) is 0 Å². The van der Waals surface area contributed by atoms with E-state index in [1.165, 1.54) is 4.90 Å². The standard InChI is InChI=1S/C20H14BrNO2/c1-11-9-14(21)10-12(2)18(11)22-19(23)15-7-3-5-13-6-4-8-16(17(13)15)20(22)24/h3-10H,1-2H3. The molecular weight excluding hydrogens is 366 g/mol. The van der Waals surface area contributed by atoms with Crippen molar-refractivity contribution >= 4 is 44.2 Å². The maximum Gasteiger partial charge on any atom is 0.266 e. The topological polar surface area (TPSA) is 37.4 Å². The number of hydrogen-bond donors (Lipinski definition) is 0. The molecule has 0 spiro atoms. The van der Waals surface area contributed by atoms with Crippen LogP contribution in [-0.2, 0) is 0 Å². The number of halogens is 1. The summed E-state index contributed by atoms with van der Waals surface area (Å²) < 4.78 is 0.931.